The van der Waals surface area contributed by atoms with E-state index >= 15 is 0 Å². The average molecular weight is 223 g/mol. The molecule has 0 aromatic carbocycles. The van der Waals surface area contributed by atoms with Gasteiger partial charge in [-0.3, -0.25) is 4.90 Å². The van der Waals surface area contributed by atoms with Gasteiger partial charge >= 0.3 is 0 Å². The van der Waals surface area contributed by atoms with Gasteiger partial charge in [-0.05, 0) is 19.4 Å². The molecule has 0 bridgehead atoms. The van der Waals surface area contributed by atoms with Crippen LogP contribution in [-0.2, 0) is 11.3 Å². The Bertz CT molecular complexity index is 366. The molecule has 3 heterocycles. The molecule has 1 aromatic rings. The molecule has 2 fully saturated rings. The molecule has 5 heteroatoms. The fourth-order valence-corrected chi connectivity index (χ4v) is 2.60. The molecular weight excluding hydrogens is 206 g/mol. The van der Waals surface area contributed by atoms with Crippen molar-refractivity contribution in [3.63, 3.8) is 0 Å². The van der Waals surface area contributed by atoms with E-state index in [1.54, 1.807) is 6.20 Å². The maximum absolute atomic E-state index is 8.98. The van der Waals surface area contributed by atoms with Crippen molar-refractivity contribution in [3.05, 3.63) is 17.7 Å². The van der Waals surface area contributed by atoms with E-state index < -0.39 is 0 Å². The standard InChI is InChI=1S/C11H17N3O2/c15-6-8-4-12-11(13-8)10-5-14-3-1-2-9(14)7-16-10/h4,9-10,15H,1-3,5-7H2,(H,12,13). The molecule has 3 rings (SSSR count). The number of nitrogens with zero attached hydrogens (tertiary/aromatic N) is 2. The molecule has 2 aliphatic heterocycles. The number of fused-ring (bicyclic) bond motifs is 1. The minimum Gasteiger partial charge on any atom is -0.390 e. The van der Waals surface area contributed by atoms with Crippen LogP contribution in [0.2, 0.25) is 0 Å². The van der Waals surface area contributed by atoms with Gasteiger partial charge in [-0.25, -0.2) is 4.98 Å². The summed E-state index contributed by atoms with van der Waals surface area (Å²) < 4.78 is 5.82. The number of hydrogen-bond acceptors (Lipinski definition) is 4. The first-order chi connectivity index (χ1) is 7.86. The van der Waals surface area contributed by atoms with Crippen molar-refractivity contribution >= 4 is 0 Å². The number of imidazole rings is 1. The molecule has 88 valence electrons. The number of ether oxygens (including phenoxy) is 1. The van der Waals surface area contributed by atoms with Crippen LogP contribution in [0, 0.1) is 0 Å². The van der Waals surface area contributed by atoms with E-state index in [4.69, 9.17) is 9.84 Å². The van der Waals surface area contributed by atoms with Crippen molar-refractivity contribution in [2.75, 3.05) is 19.7 Å². The molecule has 2 aliphatic rings. The molecule has 2 unspecified atom stereocenters. The average Bonchev–Trinajstić information content (AvgIpc) is 2.96. The Labute approximate surface area is 94.4 Å². The van der Waals surface area contributed by atoms with Gasteiger partial charge in [0.05, 0.1) is 25.1 Å². The molecule has 0 spiro atoms. The number of morpholine rings is 1. The lowest BCUT2D eigenvalue weighted by Crippen LogP contribution is -2.42. The summed E-state index contributed by atoms with van der Waals surface area (Å²) in [5.41, 5.74) is 0.752. The minimum atomic E-state index is 0.00601. The van der Waals surface area contributed by atoms with Gasteiger partial charge in [0.15, 0.2) is 0 Å². The fraction of sp³-hybridized carbons (Fsp3) is 0.727. The van der Waals surface area contributed by atoms with Crippen molar-refractivity contribution in [2.45, 2.75) is 31.6 Å². The minimum absolute atomic E-state index is 0.00601. The Kier molecular flexibility index (Phi) is 2.67. The Balaban J connectivity index is 1.71. The summed E-state index contributed by atoms with van der Waals surface area (Å²) >= 11 is 0. The van der Waals surface area contributed by atoms with Crippen molar-refractivity contribution in [1.29, 1.82) is 0 Å². The van der Waals surface area contributed by atoms with Crippen LogP contribution in [0.5, 0.6) is 0 Å². The quantitative estimate of drug-likeness (QED) is 0.763. The van der Waals surface area contributed by atoms with Crippen LogP contribution in [0.25, 0.3) is 0 Å². The molecule has 5 nitrogen and oxygen atoms in total. The smallest absolute Gasteiger partial charge is 0.136 e. The SMILES string of the molecule is OCc1cnc(C2CN3CCCC3CO2)[nH]1. The van der Waals surface area contributed by atoms with Gasteiger partial charge in [0.1, 0.15) is 11.9 Å². The van der Waals surface area contributed by atoms with Crippen molar-refractivity contribution in [3.8, 4) is 0 Å². The summed E-state index contributed by atoms with van der Waals surface area (Å²) in [6.07, 6.45) is 4.25. The molecule has 2 atom stereocenters. The van der Waals surface area contributed by atoms with Gasteiger partial charge in [-0.15, -0.1) is 0 Å². The maximum Gasteiger partial charge on any atom is 0.136 e. The van der Waals surface area contributed by atoms with Crippen LogP contribution in [0.4, 0.5) is 0 Å². The maximum atomic E-state index is 8.98. The number of aliphatic hydroxyl groups excluding tert-OH is 1. The van der Waals surface area contributed by atoms with Gasteiger partial charge in [0.25, 0.3) is 0 Å². The highest BCUT2D eigenvalue weighted by molar-refractivity contribution is 5.04. The number of rotatable bonds is 2. The molecule has 2 N–H and O–H groups in total. The highest BCUT2D eigenvalue weighted by Gasteiger charge is 2.33. The van der Waals surface area contributed by atoms with E-state index in [-0.39, 0.29) is 12.7 Å². The molecule has 0 radical (unpaired) electrons. The summed E-state index contributed by atoms with van der Waals surface area (Å²) in [5, 5.41) is 8.98. The summed E-state index contributed by atoms with van der Waals surface area (Å²) in [5.74, 6) is 0.842. The summed E-state index contributed by atoms with van der Waals surface area (Å²) in [7, 11) is 0. The van der Waals surface area contributed by atoms with E-state index in [1.807, 2.05) is 0 Å². The van der Waals surface area contributed by atoms with Crippen LogP contribution in [0.15, 0.2) is 6.20 Å². The molecule has 0 saturated carbocycles. The molecule has 2 saturated heterocycles. The fourth-order valence-electron chi connectivity index (χ4n) is 2.60. The predicted octanol–water partition coefficient (Wildman–Crippen LogP) is 0.438. The Hall–Kier alpha value is -0.910. The van der Waals surface area contributed by atoms with Crippen molar-refractivity contribution in [1.82, 2.24) is 14.9 Å². The van der Waals surface area contributed by atoms with Crippen LogP contribution < -0.4 is 0 Å². The van der Waals surface area contributed by atoms with Gasteiger partial charge in [-0.2, -0.15) is 0 Å². The zero-order valence-electron chi connectivity index (χ0n) is 9.22. The molecule has 0 amide bonds. The zero-order valence-corrected chi connectivity index (χ0v) is 9.22. The second kappa shape index (κ2) is 4.16. The monoisotopic (exact) mass is 223 g/mol. The van der Waals surface area contributed by atoms with Gasteiger partial charge in [0, 0.05) is 12.6 Å². The van der Waals surface area contributed by atoms with E-state index in [2.05, 4.69) is 14.9 Å². The van der Waals surface area contributed by atoms with Crippen molar-refractivity contribution < 1.29 is 9.84 Å². The number of aliphatic hydroxyl groups is 1. The lowest BCUT2D eigenvalue weighted by Gasteiger charge is -2.34. The first-order valence-corrected chi connectivity index (χ1v) is 5.87. The van der Waals surface area contributed by atoms with Crippen molar-refractivity contribution in [2.24, 2.45) is 0 Å². The lowest BCUT2D eigenvalue weighted by atomic mass is 10.2. The third-order valence-corrected chi connectivity index (χ3v) is 3.51. The predicted molar refractivity (Wildman–Crippen MR) is 57.8 cm³/mol. The molecule has 1 aromatic heterocycles. The van der Waals surface area contributed by atoms with E-state index in [0.717, 1.165) is 24.7 Å². The first kappa shape index (κ1) is 10.3. The number of H-pyrrole nitrogens is 1. The van der Waals surface area contributed by atoms with Crippen LogP contribution in [0.3, 0.4) is 0 Å². The number of aromatic amines is 1. The molecule has 16 heavy (non-hydrogen) atoms. The number of aromatic nitrogens is 2. The van der Waals surface area contributed by atoms with Crippen LogP contribution in [0.1, 0.15) is 30.5 Å². The Morgan fingerprint density at radius 3 is 3.38 bits per heavy atom. The lowest BCUT2D eigenvalue weighted by molar-refractivity contribution is -0.0538. The molecule has 0 aliphatic carbocycles. The topological polar surface area (TPSA) is 61.4 Å². The largest absolute Gasteiger partial charge is 0.390 e. The van der Waals surface area contributed by atoms with E-state index in [0.29, 0.717) is 6.04 Å². The van der Waals surface area contributed by atoms with Gasteiger partial charge < -0.3 is 14.8 Å². The van der Waals surface area contributed by atoms with E-state index in [1.165, 1.54) is 19.4 Å². The Morgan fingerprint density at radius 2 is 2.56 bits per heavy atom. The summed E-state index contributed by atoms with van der Waals surface area (Å²) in [6, 6.07) is 0.614. The normalized spacial score (nSPS) is 30.6. The number of hydrogen-bond donors (Lipinski definition) is 2. The first-order valence-electron chi connectivity index (χ1n) is 5.87. The summed E-state index contributed by atoms with van der Waals surface area (Å²) in [4.78, 5) is 9.84. The van der Waals surface area contributed by atoms with Gasteiger partial charge in [0.2, 0.25) is 0 Å². The second-order valence-electron chi connectivity index (χ2n) is 4.56. The highest BCUT2D eigenvalue weighted by atomic mass is 16.5. The zero-order chi connectivity index (χ0) is 11.0. The molecular formula is C11H17N3O2. The van der Waals surface area contributed by atoms with Gasteiger partial charge in [-0.1, -0.05) is 0 Å². The third kappa shape index (κ3) is 1.75. The van der Waals surface area contributed by atoms with E-state index in [9.17, 15) is 0 Å². The van der Waals surface area contributed by atoms with Crippen LogP contribution in [-0.4, -0.2) is 45.7 Å². The highest BCUT2D eigenvalue weighted by Crippen LogP contribution is 2.28. The van der Waals surface area contributed by atoms with Crippen LogP contribution >= 0.6 is 0 Å². The third-order valence-electron chi connectivity index (χ3n) is 3.51. The summed E-state index contributed by atoms with van der Waals surface area (Å²) in [6.45, 7) is 2.91. The second-order valence-corrected chi connectivity index (χ2v) is 4.56. The number of nitrogens with one attached hydrogen (secondary N) is 1. The Morgan fingerprint density at radius 1 is 1.62 bits per heavy atom.